The highest BCUT2D eigenvalue weighted by Gasteiger charge is 2.43. The first-order chi connectivity index (χ1) is 11.0. The highest BCUT2D eigenvalue weighted by atomic mass is 19.1. The van der Waals surface area contributed by atoms with Crippen LogP contribution in [0, 0.1) is 5.82 Å². The van der Waals surface area contributed by atoms with E-state index < -0.39 is 23.2 Å². The van der Waals surface area contributed by atoms with E-state index >= 15 is 0 Å². The second kappa shape index (κ2) is 5.87. The monoisotopic (exact) mass is 317 g/mol. The van der Waals surface area contributed by atoms with E-state index in [2.05, 4.69) is 5.32 Å². The molecule has 0 radical (unpaired) electrons. The summed E-state index contributed by atoms with van der Waals surface area (Å²) in [5.41, 5.74) is -0.984. The predicted molar refractivity (Wildman–Crippen MR) is 80.4 cm³/mol. The molecule has 6 heteroatoms. The lowest BCUT2D eigenvalue weighted by Gasteiger charge is -2.24. The number of furan rings is 1. The van der Waals surface area contributed by atoms with Crippen LogP contribution in [0.25, 0.3) is 11.3 Å². The fraction of sp³-hybridized carbons (Fsp3) is 0.294. The number of carbonyl (C=O) groups is 2. The standard InChI is InChI=1S/C17H16FNO4/c18-12-6-2-1-5-11(12)13-7-8-14(23-13)15(20)19-17(16(21)22)9-3-4-10-17/h1-2,5-8H,3-4,9-10H2,(H,19,20)(H,21,22). The molecule has 3 rings (SSSR count). The van der Waals surface area contributed by atoms with E-state index in [0.717, 1.165) is 12.8 Å². The fourth-order valence-electron chi connectivity index (χ4n) is 2.92. The van der Waals surface area contributed by atoms with E-state index in [9.17, 15) is 19.1 Å². The van der Waals surface area contributed by atoms with Gasteiger partial charge in [-0.1, -0.05) is 25.0 Å². The van der Waals surface area contributed by atoms with Gasteiger partial charge in [-0.25, -0.2) is 9.18 Å². The van der Waals surface area contributed by atoms with Crippen LogP contribution >= 0.6 is 0 Å². The lowest BCUT2D eigenvalue weighted by Crippen LogP contribution is -2.52. The van der Waals surface area contributed by atoms with E-state index in [-0.39, 0.29) is 17.1 Å². The first-order valence-corrected chi connectivity index (χ1v) is 7.42. The number of halogens is 1. The lowest BCUT2D eigenvalue weighted by molar-refractivity contribution is -0.144. The van der Waals surface area contributed by atoms with Crippen molar-refractivity contribution in [1.29, 1.82) is 0 Å². The Labute approximate surface area is 132 Å². The summed E-state index contributed by atoms with van der Waals surface area (Å²) in [4.78, 5) is 23.7. The molecule has 5 nitrogen and oxygen atoms in total. The summed E-state index contributed by atoms with van der Waals surface area (Å²) in [6.45, 7) is 0. The number of aliphatic carboxylic acids is 1. The second-order valence-electron chi connectivity index (χ2n) is 5.69. The van der Waals surface area contributed by atoms with E-state index in [1.807, 2.05) is 0 Å². The molecule has 120 valence electrons. The Morgan fingerprint density at radius 1 is 1.13 bits per heavy atom. The molecule has 1 amide bonds. The third kappa shape index (κ3) is 2.84. The number of carbonyl (C=O) groups excluding carboxylic acids is 1. The van der Waals surface area contributed by atoms with Crippen LogP contribution in [0.5, 0.6) is 0 Å². The maximum atomic E-state index is 13.7. The van der Waals surface area contributed by atoms with Crippen molar-refractivity contribution in [1.82, 2.24) is 5.32 Å². The van der Waals surface area contributed by atoms with Crippen LogP contribution in [0.4, 0.5) is 4.39 Å². The molecule has 23 heavy (non-hydrogen) atoms. The zero-order chi connectivity index (χ0) is 16.4. The van der Waals surface area contributed by atoms with Crippen molar-refractivity contribution >= 4 is 11.9 Å². The summed E-state index contributed by atoms with van der Waals surface area (Å²) in [7, 11) is 0. The van der Waals surface area contributed by atoms with Gasteiger partial charge in [-0.3, -0.25) is 4.79 Å². The Morgan fingerprint density at radius 3 is 2.48 bits per heavy atom. The Hall–Kier alpha value is -2.63. The number of hydrogen-bond acceptors (Lipinski definition) is 3. The Kier molecular flexibility index (Phi) is 3.90. The minimum Gasteiger partial charge on any atom is -0.480 e. The van der Waals surface area contributed by atoms with Crippen molar-refractivity contribution in [2.45, 2.75) is 31.2 Å². The summed E-state index contributed by atoms with van der Waals surface area (Å²) in [6.07, 6.45) is 2.31. The minimum atomic E-state index is -1.23. The van der Waals surface area contributed by atoms with Crippen LogP contribution < -0.4 is 5.32 Å². The van der Waals surface area contributed by atoms with Gasteiger partial charge in [-0.2, -0.15) is 0 Å². The maximum absolute atomic E-state index is 13.7. The fourth-order valence-corrected chi connectivity index (χ4v) is 2.92. The molecule has 0 bridgehead atoms. The van der Waals surface area contributed by atoms with Crippen molar-refractivity contribution in [3.05, 3.63) is 48.0 Å². The number of nitrogens with one attached hydrogen (secondary N) is 1. The number of carboxylic acids is 1. The molecule has 2 N–H and O–H groups in total. The summed E-state index contributed by atoms with van der Waals surface area (Å²) < 4.78 is 19.1. The number of amides is 1. The summed E-state index contributed by atoms with van der Waals surface area (Å²) in [6, 6.07) is 8.99. The molecule has 0 aliphatic heterocycles. The van der Waals surface area contributed by atoms with Gasteiger partial charge in [0.2, 0.25) is 0 Å². The van der Waals surface area contributed by atoms with Crippen LogP contribution in [0.2, 0.25) is 0 Å². The third-order valence-electron chi connectivity index (χ3n) is 4.19. The van der Waals surface area contributed by atoms with E-state index in [1.165, 1.54) is 18.2 Å². The molecule has 1 aliphatic rings. The average molecular weight is 317 g/mol. The van der Waals surface area contributed by atoms with E-state index in [0.29, 0.717) is 12.8 Å². The van der Waals surface area contributed by atoms with Crippen molar-refractivity contribution in [2.75, 3.05) is 0 Å². The van der Waals surface area contributed by atoms with Crippen LogP contribution in [-0.2, 0) is 4.79 Å². The van der Waals surface area contributed by atoms with Crippen molar-refractivity contribution in [2.24, 2.45) is 0 Å². The SMILES string of the molecule is O=C(NC1(C(=O)O)CCCC1)c1ccc(-c2ccccc2F)o1. The Bertz CT molecular complexity index is 747. The van der Waals surface area contributed by atoms with Gasteiger partial charge >= 0.3 is 5.97 Å². The molecule has 1 saturated carbocycles. The molecule has 1 aliphatic carbocycles. The maximum Gasteiger partial charge on any atom is 0.329 e. The van der Waals surface area contributed by atoms with Gasteiger partial charge in [0.25, 0.3) is 5.91 Å². The Morgan fingerprint density at radius 2 is 1.83 bits per heavy atom. The number of rotatable bonds is 4. The summed E-state index contributed by atoms with van der Waals surface area (Å²) >= 11 is 0. The minimum absolute atomic E-state index is 0.0317. The first-order valence-electron chi connectivity index (χ1n) is 7.42. The van der Waals surface area contributed by atoms with Gasteiger partial charge in [0.1, 0.15) is 17.1 Å². The molecule has 0 atom stereocenters. The third-order valence-corrected chi connectivity index (χ3v) is 4.19. The summed E-state index contributed by atoms with van der Waals surface area (Å²) in [5.74, 6) is -1.90. The Balaban J connectivity index is 1.82. The van der Waals surface area contributed by atoms with Gasteiger partial charge in [0.15, 0.2) is 5.76 Å². The first kappa shape index (κ1) is 15.3. The molecule has 0 unspecified atom stereocenters. The second-order valence-corrected chi connectivity index (χ2v) is 5.69. The average Bonchev–Trinajstić information content (AvgIpc) is 3.17. The zero-order valence-corrected chi connectivity index (χ0v) is 12.3. The van der Waals surface area contributed by atoms with Crippen LogP contribution in [0.1, 0.15) is 36.2 Å². The largest absolute Gasteiger partial charge is 0.480 e. The molecule has 1 aromatic carbocycles. The van der Waals surface area contributed by atoms with Gasteiger partial charge in [-0.15, -0.1) is 0 Å². The summed E-state index contributed by atoms with van der Waals surface area (Å²) in [5, 5.41) is 11.9. The van der Waals surface area contributed by atoms with Crippen LogP contribution in [-0.4, -0.2) is 22.5 Å². The molecule has 1 heterocycles. The molecule has 0 spiro atoms. The van der Waals surface area contributed by atoms with Gasteiger partial charge in [-0.05, 0) is 37.1 Å². The molecular formula is C17H16FNO4. The predicted octanol–water partition coefficient (Wildman–Crippen LogP) is 3.21. The van der Waals surface area contributed by atoms with E-state index in [4.69, 9.17) is 4.42 Å². The molecule has 1 fully saturated rings. The zero-order valence-electron chi connectivity index (χ0n) is 12.3. The van der Waals surface area contributed by atoms with E-state index in [1.54, 1.807) is 18.2 Å². The smallest absolute Gasteiger partial charge is 0.329 e. The van der Waals surface area contributed by atoms with Crippen molar-refractivity contribution in [3.8, 4) is 11.3 Å². The number of hydrogen-bond donors (Lipinski definition) is 2. The number of benzene rings is 1. The molecule has 1 aromatic heterocycles. The quantitative estimate of drug-likeness (QED) is 0.907. The number of carboxylic acid groups (broad SMARTS) is 1. The molecule has 0 saturated heterocycles. The topological polar surface area (TPSA) is 79.5 Å². The van der Waals surface area contributed by atoms with Gasteiger partial charge in [0, 0.05) is 0 Å². The van der Waals surface area contributed by atoms with Gasteiger partial charge < -0.3 is 14.8 Å². The van der Waals surface area contributed by atoms with Crippen molar-refractivity contribution < 1.29 is 23.5 Å². The highest BCUT2D eigenvalue weighted by Crippen LogP contribution is 2.31. The molecule has 2 aromatic rings. The molecular weight excluding hydrogens is 301 g/mol. The van der Waals surface area contributed by atoms with Crippen LogP contribution in [0.15, 0.2) is 40.8 Å². The normalized spacial score (nSPS) is 16.2. The lowest BCUT2D eigenvalue weighted by atomic mass is 9.98. The van der Waals surface area contributed by atoms with Crippen LogP contribution in [0.3, 0.4) is 0 Å². The van der Waals surface area contributed by atoms with Crippen molar-refractivity contribution in [3.63, 3.8) is 0 Å². The van der Waals surface area contributed by atoms with Gasteiger partial charge in [0.05, 0.1) is 5.56 Å². The highest BCUT2D eigenvalue weighted by molar-refractivity contribution is 5.96.